The topological polar surface area (TPSA) is 72.2 Å². The lowest BCUT2D eigenvalue weighted by Gasteiger charge is -2.07. The van der Waals surface area contributed by atoms with Crippen LogP contribution in [-0.4, -0.2) is 25.7 Å². The summed E-state index contributed by atoms with van der Waals surface area (Å²) in [6.07, 6.45) is -2.34. The second-order valence-electron chi connectivity index (χ2n) is 5.46. The number of carbonyl (C=O) groups excluding carboxylic acids is 1. The van der Waals surface area contributed by atoms with E-state index in [1.54, 1.807) is 4.52 Å². The maximum Gasteiger partial charge on any atom is 0.416 e. The molecule has 1 amide bonds. The van der Waals surface area contributed by atoms with Gasteiger partial charge in [0.05, 0.1) is 5.56 Å². The number of anilines is 1. The molecule has 6 nitrogen and oxygen atoms in total. The van der Waals surface area contributed by atoms with Crippen molar-refractivity contribution in [3.8, 4) is 0 Å². The third-order valence-corrected chi connectivity index (χ3v) is 4.52. The molecule has 0 saturated heterocycles. The number of hydrogen-bond donors (Lipinski definition) is 1. The zero-order valence-corrected chi connectivity index (χ0v) is 12.9. The van der Waals surface area contributed by atoms with Crippen LogP contribution in [0.1, 0.15) is 39.9 Å². The highest BCUT2D eigenvalue weighted by Gasteiger charge is 2.31. The quantitative estimate of drug-likeness (QED) is 0.784. The molecule has 1 aromatic carbocycles. The van der Waals surface area contributed by atoms with E-state index in [9.17, 15) is 18.0 Å². The van der Waals surface area contributed by atoms with Crippen molar-refractivity contribution in [3.05, 3.63) is 40.7 Å². The Labute approximate surface area is 137 Å². The molecule has 0 atom stereocenters. The number of hydrogen-bond acceptors (Lipinski definition) is 5. The second kappa shape index (κ2) is 5.26. The molecule has 0 spiro atoms. The Bertz CT molecular complexity index is 911. The lowest BCUT2D eigenvalue weighted by molar-refractivity contribution is -0.137. The van der Waals surface area contributed by atoms with Gasteiger partial charge >= 0.3 is 6.18 Å². The molecule has 0 unspecified atom stereocenters. The van der Waals surface area contributed by atoms with Crippen LogP contribution in [0.15, 0.2) is 24.3 Å². The standard InChI is InChI=1S/C14H10F3N5OS/c15-14(16,17)8-3-5-9(6-4-8)18-11(23)12-21-22-10(7-1-2-7)19-20-13(22)24-12/h3-7H,1-2H2,(H,18,23). The summed E-state index contributed by atoms with van der Waals surface area (Å²) in [5.41, 5.74) is -0.505. The van der Waals surface area contributed by atoms with Gasteiger partial charge in [-0.25, -0.2) is 0 Å². The molecule has 124 valence electrons. The minimum atomic E-state index is -4.41. The smallest absolute Gasteiger partial charge is 0.320 e. The monoisotopic (exact) mass is 353 g/mol. The van der Waals surface area contributed by atoms with Crippen LogP contribution in [0, 0.1) is 0 Å². The van der Waals surface area contributed by atoms with E-state index >= 15 is 0 Å². The molecule has 1 saturated carbocycles. The summed E-state index contributed by atoms with van der Waals surface area (Å²) in [4.78, 5) is 12.7. The van der Waals surface area contributed by atoms with Crippen LogP contribution < -0.4 is 5.32 Å². The third-order valence-electron chi connectivity index (χ3n) is 3.62. The maximum absolute atomic E-state index is 12.5. The minimum absolute atomic E-state index is 0.182. The first kappa shape index (κ1) is 15.1. The van der Waals surface area contributed by atoms with Crippen LogP contribution in [0.25, 0.3) is 4.96 Å². The van der Waals surface area contributed by atoms with Gasteiger partial charge in [0.25, 0.3) is 5.91 Å². The molecule has 0 radical (unpaired) electrons. The fraction of sp³-hybridized carbons (Fsp3) is 0.286. The molecule has 1 fully saturated rings. The van der Waals surface area contributed by atoms with E-state index in [4.69, 9.17) is 0 Å². The van der Waals surface area contributed by atoms with Crippen molar-refractivity contribution < 1.29 is 18.0 Å². The first-order valence-electron chi connectivity index (χ1n) is 7.12. The maximum atomic E-state index is 12.5. The lowest BCUT2D eigenvalue weighted by atomic mass is 10.2. The number of fused-ring (bicyclic) bond motifs is 1. The van der Waals surface area contributed by atoms with Crippen LogP contribution in [0.5, 0.6) is 0 Å². The molecular weight excluding hydrogens is 343 g/mol. The number of rotatable bonds is 3. The fourth-order valence-corrected chi connectivity index (χ4v) is 2.99. The molecule has 0 aliphatic heterocycles. The number of nitrogens with one attached hydrogen (secondary N) is 1. The zero-order valence-electron chi connectivity index (χ0n) is 12.0. The summed E-state index contributed by atoms with van der Waals surface area (Å²) in [7, 11) is 0. The molecule has 1 aliphatic carbocycles. The molecule has 0 bridgehead atoms. The number of benzene rings is 1. The predicted molar refractivity (Wildman–Crippen MR) is 80.0 cm³/mol. The van der Waals surface area contributed by atoms with E-state index in [1.807, 2.05) is 0 Å². The Kier molecular flexibility index (Phi) is 3.30. The van der Waals surface area contributed by atoms with Crippen LogP contribution in [-0.2, 0) is 6.18 Å². The van der Waals surface area contributed by atoms with Crippen molar-refractivity contribution in [3.63, 3.8) is 0 Å². The van der Waals surface area contributed by atoms with Crippen molar-refractivity contribution in [2.75, 3.05) is 5.32 Å². The van der Waals surface area contributed by atoms with Gasteiger partial charge in [-0.05, 0) is 37.1 Å². The summed E-state index contributed by atoms with van der Waals surface area (Å²) in [6.45, 7) is 0. The van der Waals surface area contributed by atoms with Gasteiger partial charge in [-0.3, -0.25) is 4.79 Å². The largest absolute Gasteiger partial charge is 0.416 e. The highest BCUT2D eigenvalue weighted by atomic mass is 32.1. The van der Waals surface area contributed by atoms with E-state index in [2.05, 4.69) is 20.6 Å². The number of carbonyl (C=O) groups is 1. The third kappa shape index (κ3) is 2.73. The van der Waals surface area contributed by atoms with E-state index < -0.39 is 17.6 Å². The fourth-order valence-electron chi connectivity index (χ4n) is 2.25. The summed E-state index contributed by atoms with van der Waals surface area (Å²) in [6, 6.07) is 4.24. The molecular formula is C14H10F3N5OS. The molecule has 2 aromatic heterocycles. The van der Waals surface area contributed by atoms with Crippen molar-refractivity contribution in [1.82, 2.24) is 19.8 Å². The first-order valence-corrected chi connectivity index (χ1v) is 7.94. The summed E-state index contributed by atoms with van der Waals surface area (Å²) >= 11 is 1.08. The van der Waals surface area contributed by atoms with E-state index in [1.165, 1.54) is 12.1 Å². The van der Waals surface area contributed by atoms with E-state index in [0.717, 1.165) is 42.1 Å². The Hall–Kier alpha value is -2.49. The number of amides is 1. The van der Waals surface area contributed by atoms with Crippen molar-refractivity contribution in [2.24, 2.45) is 0 Å². The number of nitrogens with zero attached hydrogens (tertiary/aromatic N) is 4. The van der Waals surface area contributed by atoms with E-state index in [0.29, 0.717) is 10.9 Å². The van der Waals surface area contributed by atoms with Gasteiger partial charge in [-0.2, -0.15) is 17.7 Å². The molecule has 2 heterocycles. The average Bonchev–Trinajstić information content (AvgIpc) is 3.15. The van der Waals surface area contributed by atoms with Gasteiger partial charge in [-0.1, -0.05) is 11.3 Å². The normalized spacial score (nSPS) is 15.0. The average molecular weight is 353 g/mol. The molecule has 1 aliphatic rings. The van der Waals surface area contributed by atoms with Gasteiger partial charge in [0.2, 0.25) is 9.97 Å². The molecule has 3 aromatic rings. The van der Waals surface area contributed by atoms with Gasteiger partial charge in [0, 0.05) is 11.6 Å². The van der Waals surface area contributed by atoms with Crippen molar-refractivity contribution in [1.29, 1.82) is 0 Å². The Balaban J connectivity index is 1.53. The highest BCUT2D eigenvalue weighted by molar-refractivity contribution is 7.18. The number of aromatic nitrogens is 4. The zero-order chi connectivity index (χ0) is 16.9. The van der Waals surface area contributed by atoms with Crippen molar-refractivity contribution in [2.45, 2.75) is 24.9 Å². The minimum Gasteiger partial charge on any atom is -0.320 e. The molecule has 10 heteroatoms. The van der Waals surface area contributed by atoms with Gasteiger partial charge in [0.15, 0.2) is 5.82 Å². The Morgan fingerprint density at radius 1 is 1.21 bits per heavy atom. The molecule has 4 rings (SSSR count). The molecule has 24 heavy (non-hydrogen) atoms. The predicted octanol–water partition coefficient (Wildman–Crippen LogP) is 3.33. The Morgan fingerprint density at radius 3 is 2.54 bits per heavy atom. The Morgan fingerprint density at radius 2 is 1.92 bits per heavy atom. The van der Waals surface area contributed by atoms with Crippen LogP contribution in [0.3, 0.4) is 0 Å². The second-order valence-corrected chi connectivity index (χ2v) is 6.42. The highest BCUT2D eigenvalue weighted by Crippen LogP contribution is 2.39. The van der Waals surface area contributed by atoms with Gasteiger partial charge in [-0.15, -0.1) is 15.3 Å². The van der Waals surface area contributed by atoms with Gasteiger partial charge < -0.3 is 5.32 Å². The SMILES string of the molecule is O=C(Nc1ccc(C(F)(F)F)cc1)c1nn2c(C3CC3)nnc2s1. The lowest BCUT2D eigenvalue weighted by Crippen LogP contribution is -2.13. The van der Waals surface area contributed by atoms with E-state index in [-0.39, 0.29) is 10.7 Å². The number of alkyl halides is 3. The van der Waals surface area contributed by atoms with Gasteiger partial charge in [0.1, 0.15) is 0 Å². The summed E-state index contributed by atoms with van der Waals surface area (Å²) < 4.78 is 39.1. The van der Waals surface area contributed by atoms with Crippen LogP contribution in [0.4, 0.5) is 18.9 Å². The summed E-state index contributed by atoms with van der Waals surface area (Å²) in [5, 5.41) is 15.0. The van der Waals surface area contributed by atoms with Crippen LogP contribution >= 0.6 is 11.3 Å². The van der Waals surface area contributed by atoms with Crippen molar-refractivity contribution >= 4 is 27.9 Å². The molecule has 1 N–H and O–H groups in total. The number of halogens is 3. The van der Waals surface area contributed by atoms with Crippen LogP contribution in [0.2, 0.25) is 0 Å². The summed E-state index contributed by atoms with van der Waals surface area (Å²) in [5.74, 6) is 0.592. The first-order chi connectivity index (χ1) is 11.4.